The van der Waals surface area contributed by atoms with Gasteiger partial charge in [-0.05, 0) is 30.2 Å². The maximum absolute atomic E-state index is 13.1. The number of hydrogen-bond acceptors (Lipinski definition) is 6. The lowest BCUT2D eigenvalue weighted by Crippen LogP contribution is -2.56. The fourth-order valence-corrected chi connectivity index (χ4v) is 4.98. The van der Waals surface area contributed by atoms with Gasteiger partial charge in [0.15, 0.2) is 0 Å². The third-order valence-corrected chi connectivity index (χ3v) is 6.67. The molecule has 2 aliphatic rings. The number of amides is 2. The van der Waals surface area contributed by atoms with Crippen LogP contribution in [0.2, 0.25) is 0 Å². The Hall–Kier alpha value is -3.36. The molecule has 0 unspecified atom stereocenters. The standard InChI is InChI=1S/C27H32N2O6/c1-3-23(31)29(14-12-17-8-4-6-10-21(17)34-2)20-16-19(27(33)28-13-15-30)24-18-9-5-7-11-22(18)35-26(24)25(20)32/h4-11,16,20,24-26,30,32H,3,12-15H2,1-2H3,(H,28,33)/t20-,24+,25+,26+/m1/s1. The van der Waals surface area contributed by atoms with Gasteiger partial charge in [-0.3, -0.25) is 9.59 Å². The molecule has 0 saturated heterocycles. The van der Waals surface area contributed by atoms with Gasteiger partial charge in [-0.1, -0.05) is 43.3 Å². The minimum atomic E-state index is -1.03. The lowest BCUT2D eigenvalue weighted by Gasteiger charge is -2.40. The van der Waals surface area contributed by atoms with Crippen LogP contribution in [0.15, 0.2) is 60.2 Å². The smallest absolute Gasteiger partial charge is 0.247 e. The molecule has 0 spiro atoms. The van der Waals surface area contributed by atoms with Crippen LogP contribution in [0, 0.1) is 0 Å². The lowest BCUT2D eigenvalue weighted by atomic mass is 9.77. The number of para-hydroxylation sites is 2. The number of fused-ring (bicyclic) bond motifs is 3. The number of nitrogens with zero attached hydrogens (tertiary/aromatic N) is 1. The Morgan fingerprint density at radius 2 is 1.89 bits per heavy atom. The van der Waals surface area contributed by atoms with E-state index in [4.69, 9.17) is 9.47 Å². The Kier molecular flexibility index (Phi) is 7.73. The zero-order chi connectivity index (χ0) is 24.9. The van der Waals surface area contributed by atoms with Gasteiger partial charge >= 0.3 is 0 Å². The van der Waals surface area contributed by atoms with E-state index in [-0.39, 0.29) is 31.4 Å². The van der Waals surface area contributed by atoms with Crippen LogP contribution >= 0.6 is 0 Å². The van der Waals surface area contributed by atoms with Crippen molar-refractivity contribution >= 4 is 11.8 Å². The van der Waals surface area contributed by atoms with Gasteiger partial charge in [0.05, 0.1) is 25.7 Å². The second-order valence-corrected chi connectivity index (χ2v) is 8.68. The van der Waals surface area contributed by atoms with Crippen molar-refractivity contribution in [2.45, 2.75) is 43.9 Å². The topological polar surface area (TPSA) is 108 Å². The first-order valence-corrected chi connectivity index (χ1v) is 12.0. The molecule has 3 N–H and O–H groups in total. The second kappa shape index (κ2) is 10.9. The van der Waals surface area contributed by atoms with Crippen LogP contribution in [0.3, 0.4) is 0 Å². The molecule has 1 aliphatic heterocycles. The molecular formula is C27H32N2O6. The van der Waals surface area contributed by atoms with E-state index in [0.717, 1.165) is 16.9 Å². The van der Waals surface area contributed by atoms with Crippen molar-refractivity contribution < 1.29 is 29.3 Å². The summed E-state index contributed by atoms with van der Waals surface area (Å²) in [5.74, 6) is 0.397. The van der Waals surface area contributed by atoms with Gasteiger partial charge in [0.1, 0.15) is 23.7 Å². The van der Waals surface area contributed by atoms with E-state index >= 15 is 0 Å². The largest absolute Gasteiger partial charge is 0.496 e. The van der Waals surface area contributed by atoms with Crippen LogP contribution in [0.25, 0.3) is 0 Å². The van der Waals surface area contributed by atoms with Crippen LogP contribution < -0.4 is 14.8 Å². The third kappa shape index (κ3) is 4.90. The van der Waals surface area contributed by atoms with Crippen molar-refractivity contribution in [1.29, 1.82) is 0 Å². The molecule has 2 amide bonds. The molecule has 8 nitrogen and oxygen atoms in total. The summed E-state index contributed by atoms with van der Waals surface area (Å²) in [6.07, 6.45) is 0.725. The quantitative estimate of drug-likeness (QED) is 0.505. The number of rotatable bonds is 9. The number of carbonyl (C=O) groups excluding carboxylic acids is 2. The molecule has 2 aromatic carbocycles. The van der Waals surface area contributed by atoms with E-state index in [1.807, 2.05) is 48.5 Å². The average Bonchev–Trinajstić information content (AvgIpc) is 3.28. The van der Waals surface area contributed by atoms with Crippen LogP contribution in [-0.4, -0.2) is 72.0 Å². The predicted molar refractivity (Wildman–Crippen MR) is 130 cm³/mol. The molecule has 1 aliphatic carbocycles. The van der Waals surface area contributed by atoms with Gasteiger partial charge < -0.3 is 29.9 Å². The van der Waals surface area contributed by atoms with Crippen molar-refractivity contribution in [2.24, 2.45) is 0 Å². The highest BCUT2D eigenvalue weighted by molar-refractivity contribution is 5.96. The monoisotopic (exact) mass is 480 g/mol. The summed E-state index contributed by atoms with van der Waals surface area (Å²) < 4.78 is 11.6. The van der Waals surface area contributed by atoms with Crippen molar-refractivity contribution in [2.75, 3.05) is 26.8 Å². The molecule has 1 heterocycles. The number of ether oxygens (including phenoxy) is 2. The number of aliphatic hydroxyl groups excluding tert-OH is 2. The molecule has 0 aromatic heterocycles. The zero-order valence-electron chi connectivity index (χ0n) is 20.0. The summed E-state index contributed by atoms with van der Waals surface area (Å²) >= 11 is 0. The van der Waals surface area contributed by atoms with E-state index in [1.54, 1.807) is 25.0 Å². The Morgan fingerprint density at radius 1 is 1.14 bits per heavy atom. The van der Waals surface area contributed by atoms with Crippen LogP contribution in [0.1, 0.15) is 30.4 Å². The lowest BCUT2D eigenvalue weighted by molar-refractivity contribution is -0.136. The Balaban J connectivity index is 1.69. The fourth-order valence-electron chi connectivity index (χ4n) is 4.98. The van der Waals surface area contributed by atoms with Crippen molar-refractivity contribution in [3.63, 3.8) is 0 Å². The minimum absolute atomic E-state index is 0.106. The van der Waals surface area contributed by atoms with Gasteiger partial charge in [-0.25, -0.2) is 0 Å². The first-order valence-electron chi connectivity index (χ1n) is 12.0. The number of benzene rings is 2. The van der Waals surface area contributed by atoms with Gasteiger partial charge in [-0.2, -0.15) is 0 Å². The molecule has 0 radical (unpaired) electrons. The average molecular weight is 481 g/mol. The molecule has 8 heteroatoms. The maximum atomic E-state index is 13.1. The van der Waals surface area contributed by atoms with Crippen molar-refractivity contribution in [3.8, 4) is 11.5 Å². The maximum Gasteiger partial charge on any atom is 0.247 e. The first kappa shape index (κ1) is 24.8. The molecule has 0 saturated carbocycles. The highest BCUT2D eigenvalue weighted by atomic mass is 16.5. The molecule has 2 aromatic rings. The molecule has 4 rings (SSSR count). The first-order chi connectivity index (χ1) is 17.0. The molecule has 4 atom stereocenters. The number of methoxy groups -OCH3 is 1. The van der Waals surface area contributed by atoms with Gasteiger partial charge in [0.2, 0.25) is 11.8 Å². The van der Waals surface area contributed by atoms with Crippen molar-refractivity contribution in [3.05, 3.63) is 71.3 Å². The van der Waals surface area contributed by atoms with Gasteiger partial charge in [-0.15, -0.1) is 0 Å². The normalized spacial score (nSPS) is 22.3. The van der Waals surface area contributed by atoms with Crippen LogP contribution in [0.5, 0.6) is 11.5 Å². The summed E-state index contributed by atoms with van der Waals surface area (Å²) in [5.41, 5.74) is 2.19. The summed E-state index contributed by atoms with van der Waals surface area (Å²) in [7, 11) is 1.61. The van der Waals surface area contributed by atoms with Crippen LogP contribution in [0.4, 0.5) is 0 Å². The van der Waals surface area contributed by atoms with Gasteiger partial charge in [0.25, 0.3) is 0 Å². The molecule has 0 bridgehead atoms. The summed E-state index contributed by atoms with van der Waals surface area (Å²) in [6, 6.07) is 14.3. The number of hydrogen-bond donors (Lipinski definition) is 3. The second-order valence-electron chi connectivity index (χ2n) is 8.68. The Morgan fingerprint density at radius 3 is 2.63 bits per heavy atom. The molecular weight excluding hydrogens is 448 g/mol. The Labute approximate surface area is 205 Å². The fraction of sp³-hybridized carbons (Fsp3) is 0.407. The Bertz CT molecular complexity index is 1100. The minimum Gasteiger partial charge on any atom is -0.496 e. The predicted octanol–water partition coefficient (Wildman–Crippen LogP) is 1.80. The number of aliphatic hydroxyl groups is 2. The number of nitrogens with one attached hydrogen (secondary N) is 1. The summed E-state index contributed by atoms with van der Waals surface area (Å²) in [4.78, 5) is 27.8. The van der Waals surface area contributed by atoms with Gasteiger partial charge in [0, 0.05) is 30.6 Å². The van der Waals surface area contributed by atoms with E-state index in [9.17, 15) is 19.8 Å². The van der Waals surface area contributed by atoms with E-state index in [0.29, 0.717) is 24.3 Å². The van der Waals surface area contributed by atoms with E-state index in [2.05, 4.69) is 5.32 Å². The third-order valence-electron chi connectivity index (χ3n) is 6.67. The molecule has 35 heavy (non-hydrogen) atoms. The molecule has 186 valence electrons. The van der Waals surface area contributed by atoms with Crippen molar-refractivity contribution in [1.82, 2.24) is 10.2 Å². The highest BCUT2D eigenvalue weighted by Gasteiger charge is 2.50. The SMILES string of the molecule is CCC(=O)N(CCc1ccccc1OC)[C@@H]1C=C(C(=O)NCCO)[C@@H]2c3ccccc3O[C@@H]2[C@H]1O. The number of carbonyl (C=O) groups is 2. The highest BCUT2D eigenvalue weighted by Crippen LogP contribution is 2.47. The summed E-state index contributed by atoms with van der Waals surface area (Å²) in [6.45, 7) is 2.03. The molecule has 0 fully saturated rings. The van der Waals surface area contributed by atoms with E-state index in [1.165, 1.54) is 0 Å². The van der Waals surface area contributed by atoms with E-state index < -0.39 is 24.2 Å². The zero-order valence-corrected chi connectivity index (χ0v) is 20.0. The summed E-state index contributed by atoms with van der Waals surface area (Å²) in [5, 5.41) is 23.4. The van der Waals surface area contributed by atoms with Crippen LogP contribution in [-0.2, 0) is 16.0 Å².